The van der Waals surface area contributed by atoms with Crippen LogP contribution in [-0.2, 0) is 22.7 Å². The fourth-order valence-electron chi connectivity index (χ4n) is 4.53. The molecule has 0 spiro atoms. The third-order valence-electron chi connectivity index (χ3n) is 6.58. The van der Waals surface area contributed by atoms with Crippen molar-refractivity contribution in [1.82, 2.24) is 20.4 Å². The predicted molar refractivity (Wildman–Crippen MR) is 133 cm³/mol. The van der Waals surface area contributed by atoms with Crippen molar-refractivity contribution in [2.75, 3.05) is 42.5 Å². The molecule has 0 bridgehead atoms. The van der Waals surface area contributed by atoms with Gasteiger partial charge in [0.25, 0.3) is 0 Å². The first-order valence-electron chi connectivity index (χ1n) is 12.5. The van der Waals surface area contributed by atoms with Crippen molar-refractivity contribution >= 4 is 33.4 Å². The molecule has 1 atom stereocenters. The van der Waals surface area contributed by atoms with Crippen molar-refractivity contribution in [3.05, 3.63) is 23.7 Å². The summed E-state index contributed by atoms with van der Waals surface area (Å²) in [5.41, 5.74) is 0. The Bertz CT molecular complexity index is 960. The van der Waals surface area contributed by atoms with E-state index >= 15 is 0 Å². The van der Waals surface area contributed by atoms with Crippen molar-refractivity contribution < 1.29 is 14.0 Å². The number of furan rings is 1. The van der Waals surface area contributed by atoms with E-state index in [0.717, 1.165) is 62.1 Å². The van der Waals surface area contributed by atoms with Crippen molar-refractivity contribution in [3.8, 4) is 0 Å². The van der Waals surface area contributed by atoms with Gasteiger partial charge in [-0.15, -0.1) is 10.2 Å². The highest BCUT2D eigenvalue weighted by atomic mass is 32.1. The van der Waals surface area contributed by atoms with E-state index < -0.39 is 0 Å². The molecule has 2 aromatic heterocycles. The summed E-state index contributed by atoms with van der Waals surface area (Å²) >= 11 is 1.44. The van der Waals surface area contributed by atoms with Crippen LogP contribution in [0, 0.1) is 5.92 Å². The molecule has 2 fully saturated rings. The quantitative estimate of drug-likeness (QED) is 0.518. The van der Waals surface area contributed by atoms with E-state index in [9.17, 15) is 9.59 Å². The van der Waals surface area contributed by atoms with E-state index in [-0.39, 0.29) is 17.7 Å². The van der Waals surface area contributed by atoms with Gasteiger partial charge in [-0.1, -0.05) is 31.6 Å². The molecular formula is C24H36N6O3S. The summed E-state index contributed by atoms with van der Waals surface area (Å²) in [5, 5.41) is 13.0. The molecule has 0 aromatic carbocycles. The standard InChI is InChI=1S/C24H36N6O3S/c1-3-5-12-28(4-2)17-20-11-10-19(33-20)15-25-22(32)18-8-6-13-29(16-18)23-26-27-24(34-23)30-14-7-9-21(30)31/h10-11,18H,3-9,12-17H2,1-2H3,(H,25,32)/t18-/m0/s1. The molecule has 4 heterocycles. The Morgan fingerprint density at radius 1 is 1.21 bits per heavy atom. The lowest BCUT2D eigenvalue weighted by atomic mass is 9.97. The average Bonchev–Trinajstić information content (AvgIpc) is 3.61. The molecule has 0 unspecified atom stereocenters. The van der Waals surface area contributed by atoms with Crippen LogP contribution in [0.15, 0.2) is 16.5 Å². The summed E-state index contributed by atoms with van der Waals surface area (Å²) in [7, 11) is 0. The van der Waals surface area contributed by atoms with Gasteiger partial charge in [-0.25, -0.2) is 0 Å². The van der Waals surface area contributed by atoms with Crippen molar-refractivity contribution in [1.29, 1.82) is 0 Å². The minimum atomic E-state index is -0.103. The molecule has 10 heteroatoms. The van der Waals surface area contributed by atoms with Gasteiger partial charge in [0.05, 0.1) is 19.0 Å². The molecule has 1 N–H and O–H groups in total. The van der Waals surface area contributed by atoms with E-state index in [1.165, 1.54) is 24.2 Å². The summed E-state index contributed by atoms with van der Waals surface area (Å²) in [6, 6.07) is 3.97. The maximum atomic E-state index is 12.9. The molecule has 2 amide bonds. The number of anilines is 2. The SMILES string of the molecule is CCCCN(CC)Cc1ccc(CNC(=O)[C@H]2CCCN(c3nnc(N4CCCC4=O)s3)C2)o1. The minimum absolute atomic E-state index is 0.0419. The van der Waals surface area contributed by atoms with E-state index in [0.29, 0.717) is 31.2 Å². The highest BCUT2D eigenvalue weighted by Gasteiger charge is 2.30. The van der Waals surface area contributed by atoms with Crippen LogP contribution in [0.25, 0.3) is 0 Å². The molecule has 0 saturated carbocycles. The number of unbranched alkanes of at least 4 members (excludes halogenated alkanes) is 1. The van der Waals surface area contributed by atoms with Gasteiger partial charge < -0.3 is 14.6 Å². The highest BCUT2D eigenvalue weighted by Crippen LogP contribution is 2.32. The summed E-state index contributed by atoms with van der Waals surface area (Å²) < 4.78 is 5.97. The molecule has 34 heavy (non-hydrogen) atoms. The van der Waals surface area contributed by atoms with Crippen molar-refractivity contribution in [3.63, 3.8) is 0 Å². The smallest absolute Gasteiger partial charge is 0.228 e. The first-order chi connectivity index (χ1) is 16.6. The number of hydrogen-bond donors (Lipinski definition) is 1. The normalized spacial score (nSPS) is 18.8. The van der Waals surface area contributed by atoms with E-state index in [4.69, 9.17) is 4.42 Å². The van der Waals surface area contributed by atoms with Crippen molar-refractivity contribution in [2.45, 2.75) is 65.5 Å². The van der Waals surface area contributed by atoms with Crippen LogP contribution in [0.1, 0.15) is 63.9 Å². The summed E-state index contributed by atoms with van der Waals surface area (Å²) in [6.07, 6.45) is 5.59. The topological polar surface area (TPSA) is 94.8 Å². The second-order valence-corrected chi connectivity index (χ2v) is 10.0. The lowest BCUT2D eigenvalue weighted by molar-refractivity contribution is -0.125. The zero-order chi connectivity index (χ0) is 23.9. The molecule has 4 rings (SSSR count). The van der Waals surface area contributed by atoms with Gasteiger partial charge in [0.15, 0.2) is 0 Å². The maximum absolute atomic E-state index is 12.9. The number of carbonyl (C=O) groups excluding carboxylic acids is 2. The van der Waals surface area contributed by atoms with Crippen molar-refractivity contribution in [2.24, 2.45) is 5.92 Å². The Balaban J connectivity index is 1.27. The lowest BCUT2D eigenvalue weighted by Gasteiger charge is -2.31. The fraction of sp³-hybridized carbons (Fsp3) is 0.667. The first-order valence-corrected chi connectivity index (χ1v) is 13.4. The molecule has 2 saturated heterocycles. The average molecular weight is 489 g/mol. The number of carbonyl (C=O) groups is 2. The van der Waals surface area contributed by atoms with Crippen LogP contribution >= 0.6 is 11.3 Å². The number of piperidine rings is 1. The molecular weight excluding hydrogens is 452 g/mol. The Kier molecular flexibility index (Phi) is 8.55. The zero-order valence-electron chi connectivity index (χ0n) is 20.3. The second-order valence-electron chi connectivity index (χ2n) is 9.11. The van der Waals surface area contributed by atoms with Gasteiger partial charge in [-0.05, 0) is 50.9 Å². The fourth-order valence-corrected chi connectivity index (χ4v) is 5.46. The van der Waals surface area contributed by atoms with Crippen LogP contribution in [0.3, 0.4) is 0 Å². The maximum Gasteiger partial charge on any atom is 0.228 e. The van der Waals surface area contributed by atoms with Crippen LogP contribution < -0.4 is 15.1 Å². The number of aromatic nitrogens is 2. The molecule has 0 aliphatic carbocycles. The van der Waals surface area contributed by atoms with Gasteiger partial charge in [-0.3, -0.25) is 19.4 Å². The van der Waals surface area contributed by atoms with Crippen LogP contribution in [0.5, 0.6) is 0 Å². The number of nitrogens with one attached hydrogen (secondary N) is 1. The Labute approximate surface area is 205 Å². The Hall–Kier alpha value is -2.46. The van der Waals surface area contributed by atoms with Crippen LogP contribution in [0.2, 0.25) is 0 Å². The largest absolute Gasteiger partial charge is 0.463 e. The van der Waals surface area contributed by atoms with Gasteiger partial charge in [0, 0.05) is 26.1 Å². The van der Waals surface area contributed by atoms with E-state index in [1.54, 1.807) is 4.90 Å². The Morgan fingerprint density at radius 3 is 2.79 bits per heavy atom. The van der Waals surface area contributed by atoms with E-state index in [2.05, 4.69) is 39.2 Å². The molecule has 186 valence electrons. The molecule has 9 nitrogen and oxygen atoms in total. The Morgan fingerprint density at radius 2 is 2.03 bits per heavy atom. The lowest BCUT2D eigenvalue weighted by Crippen LogP contribution is -2.42. The van der Waals surface area contributed by atoms with Crippen LogP contribution in [0.4, 0.5) is 10.3 Å². The number of rotatable bonds is 11. The zero-order valence-corrected chi connectivity index (χ0v) is 21.1. The van der Waals surface area contributed by atoms with Gasteiger partial charge >= 0.3 is 0 Å². The second kappa shape index (κ2) is 11.8. The predicted octanol–water partition coefficient (Wildman–Crippen LogP) is 3.41. The number of hydrogen-bond acceptors (Lipinski definition) is 8. The molecule has 2 aliphatic rings. The third-order valence-corrected chi connectivity index (χ3v) is 7.59. The van der Waals surface area contributed by atoms with Gasteiger partial charge in [0.1, 0.15) is 11.5 Å². The third kappa shape index (κ3) is 6.15. The number of amides is 2. The van der Waals surface area contributed by atoms with Crippen LogP contribution in [-0.4, -0.2) is 59.6 Å². The monoisotopic (exact) mass is 488 g/mol. The number of nitrogens with zero attached hydrogens (tertiary/aromatic N) is 5. The molecule has 2 aliphatic heterocycles. The summed E-state index contributed by atoms with van der Waals surface area (Å²) in [6.45, 7) is 9.81. The molecule has 2 aromatic rings. The van der Waals surface area contributed by atoms with E-state index in [1.807, 2.05) is 12.1 Å². The van der Waals surface area contributed by atoms with Gasteiger partial charge in [0.2, 0.25) is 22.1 Å². The molecule has 0 radical (unpaired) electrons. The van der Waals surface area contributed by atoms with Gasteiger partial charge in [-0.2, -0.15) is 0 Å². The summed E-state index contributed by atoms with van der Waals surface area (Å²) in [5.74, 6) is 1.78. The first kappa shape index (κ1) is 24.7. The minimum Gasteiger partial charge on any atom is -0.463 e. The highest BCUT2D eigenvalue weighted by molar-refractivity contribution is 7.19. The summed E-state index contributed by atoms with van der Waals surface area (Å²) in [4.78, 5) is 31.1.